The quantitative estimate of drug-likeness (QED) is 0.218. The molecule has 0 fully saturated rings. The number of thiocarbonyl (C=S) groups is 1. The van der Waals surface area contributed by atoms with E-state index in [1.165, 1.54) is 6.08 Å². The molecule has 0 aliphatic carbocycles. The van der Waals surface area contributed by atoms with Crippen molar-refractivity contribution in [3.63, 3.8) is 0 Å². The Morgan fingerprint density at radius 1 is 0.878 bits per heavy atom. The van der Waals surface area contributed by atoms with Crippen molar-refractivity contribution < 1.29 is 28.5 Å². The van der Waals surface area contributed by atoms with Crippen LogP contribution in [0.15, 0.2) is 72.3 Å². The Kier molecular flexibility index (Phi) is 7.95. The van der Waals surface area contributed by atoms with E-state index in [0.29, 0.717) is 39.8 Å². The number of benzene rings is 3. The van der Waals surface area contributed by atoms with Crippen LogP contribution in [0.5, 0.6) is 23.0 Å². The second-order valence-electron chi connectivity index (χ2n) is 8.76. The predicted octanol–water partition coefficient (Wildman–Crippen LogP) is 3.56. The maximum Gasteiger partial charge on any atom is 0.268 e. The van der Waals surface area contributed by atoms with Gasteiger partial charge in [0.2, 0.25) is 19.5 Å². The maximum atomic E-state index is 13.3. The number of nitriles is 2. The van der Waals surface area contributed by atoms with Gasteiger partial charge in [-0.3, -0.25) is 14.9 Å². The van der Waals surface area contributed by atoms with E-state index in [0.717, 1.165) is 0 Å². The molecule has 0 aromatic heterocycles. The van der Waals surface area contributed by atoms with Crippen molar-refractivity contribution in [1.82, 2.24) is 10.6 Å². The number of imide groups is 1. The second-order valence-corrected chi connectivity index (χ2v) is 9.17. The lowest BCUT2D eigenvalue weighted by Gasteiger charge is -2.25. The maximum absolute atomic E-state index is 13.3. The summed E-state index contributed by atoms with van der Waals surface area (Å²) in [5, 5.41) is 28.0. The molecule has 0 bridgehead atoms. The summed E-state index contributed by atoms with van der Waals surface area (Å²) in [7, 11) is 0. The topological polar surface area (TPSA) is 155 Å². The Hall–Kier alpha value is -5.59. The van der Waals surface area contributed by atoms with Crippen molar-refractivity contribution in [2.75, 3.05) is 18.9 Å². The molecular formula is C29H21N5O6S. The van der Waals surface area contributed by atoms with Gasteiger partial charge in [0.05, 0.1) is 12.1 Å². The molecule has 5 rings (SSSR count). The van der Waals surface area contributed by atoms with Crippen molar-refractivity contribution in [1.29, 1.82) is 10.5 Å². The minimum absolute atomic E-state index is 0.0359. The molecule has 2 aliphatic heterocycles. The first-order valence-electron chi connectivity index (χ1n) is 12.2. The standard InChI is InChI=1S/C29H21N5O6S/c30-13-19(10-17-6-8-22-24(11-17)39-15-37-22)27(35)34-28(36)21(14-31)26(18-7-9-23-25(12-18)40-16-38-23)33-29(41)32-20-4-2-1-3-5-20/h1-12,21,26H,15-16H2,(H2,32,33,41)(H,34,35,36)/b19-10+. The van der Waals surface area contributed by atoms with Crippen LogP contribution in [0.2, 0.25) is 0 Å². The number of rotatable bonds is 7. The summed E-state index contributed by atoms with van der Waals surface area (Å²) < 4.78 is 21.4. The van der Waals surface area contributed by atoms with Crippen LogP contribution in [0.4, 0.5) is 5.69 Å². The van der Waals surface area contributed by atoms with E-state index < -0.39 is 23.8 Å². The van der Waals surface area contributed by atoms with Crippen LogP contribution in [-0.2, 0) is 9.59 Å². The molecule has 2 aliphatic rings. The number of nitrogens with zero attached hydrogens (tertiary/aromatic N) is 2. The highest BCUT2D eigenvalue weighted by Crippen LogP contribution is 2.36. The molecule has 2 amide bonds. The first kappa shape index (κ1) is 27.0. The first-order chi connectivity index (χ1) is 19.9. The van der Waals surface area contributed by atoms with E-state index in [4.69, 9.17) is 31.2 Å². The lowest BCUT2D eigenvalue weighted by molar-refractivity contribution is -0.130. The van der Waals surface area contributed by atoms with Gasteiger partial charge < -0.3 is 29.6 Å². The molecule has 0 spiro atoms. The van der Waals surface area contributed by atoms with Gasteiger partial charge in [-0.05, 0) is 65.8 Å². The van der Waals surface area contributed by atoms with Gasteiger partial charge in [-0.2, -0.15) is 10.5 Å². The molecule has 3 aromatic rings. The van der Waals surface area contributed by atoms with Crippen molar-refractivity contribution >= 4 is 40.9 Å². The Bertz CT molecular complexity index is 1630. The monoisotopic (exact) mass is 567 g/mol. The SMILES string of the molecule is N#C/C(=C\c1ccc2c(c1)OCO2)C(=O)NC(=O)C(C#N)C(NC(=S)Nc1ccccc1)c1ccc2c(c1)OCO2. The molecule has 11 nitrogen and oxygen atoms in total. The zero-order valence-corrected chi connectivity index (χ0v) is 22.1. The van der Waals surface area contributed by atoms with Crippen molar-refractivity contribution in [3.05, 3.63) is 83.4 Å². The number of ether oxygens (including phenoxy) is 4. The van der Waals surface area contributed by atoms with Gasteiger partial charge in [0.15, 0.2) is 28.1 Å². The Labute approximate surface area is 239 Å². The fourth-order valence-corrected chi connectivity index (χ4v) is 4.40. The van der Waals surface area contributed by atoms with Gasteiger partial charge in [0.25, 0.3) is 5.91 Å². The van der Waals surface area contributed by atoms with Crippen molar-refractivity contribution in [2.24, 2.45) is 5.92 Å². The molecule has 0 saturated heterocycles. The fourth-order valence-electron chi connectivity index (χ4n) is 4.16. The van der Waals surface area contributed by atoms with E-state index in [1.54, 1.807) is 54.6 Å². The normalized spacial score (nSPS) is 14.1. The summed E-state index contributed by atoms with van der Waals surface area (Å²) in [6.45, 7) is 0.106. The molecule has 3 aromatic carbocycles. The summed E-state index contributed by atoms with van der Waals surface area (Å²) in [6.07, 6.45) is 1.30. The van der Waals surface area contributed by atoms with Gasteiger partial charge in [-0.15, -0.1) is 0 Å². The number of nitrogens with one attached hydrogen (secondary N) is 3. The molecule has 204 valence electrons. The van der Waals surface area contributed by atoms with Crippen LogP contribution < -0.4 is 34.9 Å². The molecule has 12 heteroatoms. The highest BCUT2D eigenvalue weighted by atomic mass is 32.1. The average molecular weight is 568 g/mol. The van der Waals surface area contributed by atoms with Gasteiger partial charge in [0, 0.05) is 5.69 Å². The Morgan fingerprint density at radius 2 is 1.54 bits per heavy atom. The molecule has 2 heterocycles. The van der Waals surface area contributed by atoms with E-state index in [-0.39, 0.29) is 24.3 Å². The minimum Gasteiger partial charge on any atom is -0.454 e. The number of hydrogen-bond donors (Lipinski definition) is 3. The van der Waals surface area contributed by atoms with Crippen LogP contribution >= 0.6 is 12.2 Å². The number of carbonyl (C=O) groups excluding carboxylic acids is 2. The average Bonchev–Trinajstić information content (AvgIpc) is 3.65. The number of para-hydroxylation sites is 1. The highest BCUT2D eigenvalue weighted by Gasteiger charge is 2.33. The first-order valence-corrected chi connectivity index (χ1v) is 12.6. The molecule has 2 atom stereocenters. The third-order valence-corrected chi connectivity index (χ3v) is 6.36. The summed E-state index contributed by atoms with van der Waals surface area (Å²) in [4.78, 5) is 26.2. The number of carbonyl (C=O) groups is 2. The number of anilines is 1. The summed E-state index contributed by atoms with van der Waals surface area (Å²) >= 11 is 5.46. The van der Waals surface area contributed by atoms with E-state index in [9.17, 15) is 20.1 Å². The van der Waals surface area contributed by atoms with E-state index in [1.807, 2.05) is 24.3 Å². The lowest BCUT2D eigenvalue weighted by atomic mass is 9.92. The molecule has 3 N–H and O–H groups in total. The van der Waals surface area contributed by atoms with Crippen LogP contribution in [-0.4, -0.2) is 30.5 Å². The van der Waals surface area contributed by atoms with Crippen LogP contribution in [0.25, 0.3) is 6.08 Å². The fraction of sp³-hybridized carbons (Fsp3) is 0.138. The van der Waals surface area contributed by atoms with Gasteiger partial charge in [0.1, 0.15) is 17.6 Å². The molecule has 2 unspecified atom stereocenters. The van der Waals surface area contributed by atoms with Gasteiger partial charge in [-0.1, -0.05) is 30.3 Å². The number of amides is 2. The largest absolute Gasteiger partial charge is 0.454 e. The van der Waals surface area contributed by atoms with Crippen molar-refractivity contribution in [2.45, 2.75) is 6.04 Å². The minimum atomic E-state index is -1.44. The molecular weight excluding hydrogens is 546 g/mol. The van der Waals surface area contributed by atoms with Crippen LogP contribution in [0.3, 0.4) is 0 Å². The third-order valence-electron chi connectivity index (χ3n) is 6.14. The molecule has 41 heavy (non-hydrogen) atoms. The smallest absolute Gasteiger partial charge is 0.268 e. The van der Waals surface area contributed by atoms with E-state index >= 15 is 0 Å². The third kappa shape index (κ3) is 6.19. The second kappa shape index (κ2) is 12.1. The summed E-state index contributed by atoms with van der Waals surface area (Å²) in [5.41, 5.74) is 1.32. The zero-order valence-electron chi connectivity index (χ0n) is 21.2. The van der Waals surface area contributed by atoms with Gasteiger partial charge in [-0.25, -0.2) is 0 Å². The Morgan fingerprint density at radius 3 is 2.22 bits per heavy atom. The lowest BCUT2D eigenvalue weighted by Crippen LogP contribution is -2.44. The summed E-state index contributed by atoms with van der Waals surface area (Å²) in [6, 6.07) is 21.7. The van der Waals surface area contributed by atoms with E-state index in [2.05, 4.69) is 16.0 Å². The number of hydrogen-bond acceptors (Lipinski definition) is 9. The molecule has 0 radical (unpaired) electrons. The van der Waals surface area contributed by atoms with Gasteiger partial charge >= 0.3 is 0 Å². The zero-order chi connectivity index (χ0) is 28.8. The highest BCUT2D eigenvalue weighted by molar-refractivity contribution is 7.80. The van der Waals surface area contributed by atoms with Crippen LogP contribution in [0.1, 0.15) is 17.2 Å². The molecule has 0 saturated carbocycles. The van der Waals surface area contributed by atoms with Crippen molar-refractivity contribution in [3.8, 4) is 35.1 Å². The number of fused-ring (bicyclic) bond motifs is 2. The Balaban J connectivity index is 1.37. The van der Waals surface area contributed by atoms with Crippen LogP contribution in [0, 0.1) is 28.6 Å². The predicted molar refractivity (Wildman–Crippen MR) is 150 cm³/mol. The summed E-state index contributed by atoms with van der Waals surface area (Å²) in [5.74, 6) is -1.39.